The number of carboxylic acid groups (broad SMARTS) is 1. The van der Waals surface area contributed by atoms with Gasteiger partial charge in [-0.25, -0.2) is 0 Å². The molecule has 0 spiro atoms. The topological polar surface area (TPSA) is 98.7 Å². The average Bonchev–Trinajstić information content (AvgIpc) is 2.38. The molecule has 2 atom stereocenters. The lowest BCUT2D eigenvalue weighted by atomic mass is 10.2. The Morgan fingerprint density at radius 1 is 1.29 bits per heavy atom. The van der Waals surface area contributed by atoms with Crippen molar-refractivity contribution in [3.05, 3.63) is 28.2 Å². The van der Waals surface area contributed by atoms with E-state index >= 15 is 0 Å². The van der Waals surface area contributed by atoms with Gasteiger partial charge in [-0.1, -0.05) is 29.3 Å². The predicted molar refractivity (Wildman–Crippen MR) is 80.8 cm³/mol. The van der Waals surface area contributed by atoms with Gasteiger partial charge in [0.2, 0.25) is 5.91 Å². The molecule has 116 valence electrons. The van der Waals surface area contributed by atoms with E-state index in [1.807, 2.05) is 0 Å². The number of nitrogens with one attached hydrogen (secondary N) is 2. The number of anilines is 1. The van der Waals surface area contributed by atoms with E-state index < -0.39 is 24.0 Å². The number of carbonyl (C=O) groups excluding carboxylic acids is 1. The van der Waals surface area contributed by atoms with Crippen LogP contribution in [0, 0.1) is 0 Å². The molecule has 0 aliphatic heterocycles. The molecule has 1 aromatic rings. The number of rotatable bonds is 7. The molecule has 0 heterocycles. The quantitative estimate of drug-likeness (QED) is 0.608. The number of amides is 1. The van der Waals surface area contributed by atoms with E-state index in [1.54, 1.807) is 18.2 Å². The van der Waals surface area contributed by atoms with Crippen molar-refractivity contribution in [2.75, 3.05) is 11.9 Å². The molecule has 1 rings (SSSR count). The molecular formula is C13H16Cl2N2O4. The second kappa shape index (κ2) is 8.19. The largest absolute Gasteiger partial charge is 0.480 e. The molecule has 6 nitrogen and oxygen atoms in total. The van der Waals surface area contributed by atoms with Gasteiger partial charge in [-0.15, -0.1) is 0 Å². The van der Waals surface area contributed by atoms with Gasteiger partial charge in [0, 0.05) is 6.54 Å². The van der Waals surface area contributed by atoms with Crippen LogP contribution in [0.5, 0.6) is 0 Å². The van der Waals surface area contributed by atoms with Crippen LogP contribution in [0.4, 0.5) is 5.69 Å². The van der Waals surface area contributed by atoms with Crippen molar-refractivity contribution in [3.8, 4) is 0 Å². The zero-order chi connectivity index (χ0) is 16.0. The highest BCUT2D eigenvalue weighted by molar-refractivity contribution is 6.39. The fraction of sp³-hybridized carbons (Fsp3) is 0.385. The van der Waals surface area contributed by atoms with Crippen molar-refractivity contribution in [2.24, 2.45) is 0 Å². The first kappa shape index (κ1) is 17.7. The number of aliphatic hydroxyl groups excluding tert-OH is 1. The summed E-state index contributed by atoms with van der Waals surface area (Å²) in [5.74, 6) is -1.73. The van der Waals surface area contributed by atoms with Crippen LogP contribution < -0.4 is 10.6 Å². The van der Waals surface area contributed by atoms with Gasteiger partial charge >= 0.3 is 5.97 Å². The third-order valence-corrected chi connectivity index (χ3v) is 3.20. The van der Waals surface area contributed by atoms with Crippen LogP contribution in [0.1, 0.15) is 13.3 Å². The average molecular weight is 335 g/mol. The summed E-state index contributed by atoms with van der Waals surface area (Å²) in [6, 6.07) is 3.64. The highest BCUT2D eigenvalue weighted by atomic mass is 35.5. The van der Waals surface area contributed by atoms with Crippen molar-refractivity contribution in [2.45, 2.75) is 25.5 Å². The Hall–Kier alpha value is -1.34. The maximum Gasteiger partial charge on any atom is 0.321 e. The second-order valence-electron chi connectivity index (χ2n) is 4.50. The molecule has 21 heavy (non-hydrogen) atoms. The van der Waals surface area contributed by atoms with Gasteiger partial charge in [0.15, 0.2) is 0 Å². The van der Waals surface area contributed by atoms with Gasteiger partial charge in [0.05, 0.1) is 28.3 Å². The van der Waals surface area contributed by atoms with Gasteiger partial charge in [-0.2, -0.15) is 0 Å². The standard InChI is InChI=1S/C13H16Cl2N2O4/c1-7(18)6-16-10(13(20)21)5-11(19)17-12-8(14)3-2-4-9(12)15/h2-4,7,10,16,18H,5-6H2,1H3,(H,17,19)(H,20,21). The van der Waals surface area contributed by atoms with Crippen LogP contribution in [0.3, 0.4) is 0 Å². The van der Waals surface area contributed by atoms with E-state index in [-0.39, 0.29) is 28.7 Å². The molecule has 0 bridgehead atoms. The van der Waals surface area contributed by atoms with Crippen molar-refractivity contribution < 1.29 is 19.8 Å². The molecule has 2 unspecified atom stereocenters. The maximum absolute atomic E-state index is 11.9. The first-order valence-corrected chi connectivity index (χ1v) is 6.95. The van der Waals surface area contributed by atoms with Crippen LogP contribution in [0.25, 0.3) is 0 Å². The molecule has 1 amide bonds. The van der Waals surface area contributed by atoms with Crippen molar-refractivity contribution in [1.29, 1.82) is 0 Å². The summed E-state index contributed by atoms with van der Waals surface area (Å²) in [5, 5.41) is 23.8. The van der Waals surface area contributed by atoms with E-state index in [4.69, 9.17) is 33.4 Å². The molecule has 4 N–H and O–H groups in total. The molecule has 1 aromatic carbocycles. The SMILES string of the molecule is CC(O)CNC(CC(=O)Nc1c(Cl)cccc1Cl)C(=O)O. The van der Waals surface area contributed by atoms with Crippen LogP contribution in [-0.2, 0) is 9.59 Å². The molecule has 0 fully saturated rings. The Labute approximate surface area is 132 Å². The number of carboxylic acids is 1. The second-order valence-corrected chi connectivity index (χ2v) is 5.31. The maximum atomic E-state index is 11.9. The third-order valence-electron chi connectivity index (χ3n) is 2.57. The van der Waals surface area contributed by atoms with Gasteiger partial charge in [-0.05, 0) is 19.1 Å². The third kappa shape index (κ3) is 5.89. The Kier molecular flexibility index (Phi) is 6.91. The summed E-state index contributed by atoms with van der Waals surface area (Å²) in [7, 11) is 0. The zero-order valence-electron chi connectivity index (χ0n) is 11.3. The van der Waals surface area contributed by atoms with Crippen molar-refractivity contribution >= 4 is 40.8 Å². The Morgan fingerprint density at radius 2 is 1.86 bits per heavy atom. The van der Waals surface area contributed by atoms with E-state index in [1.165, 1.54) is 6.92 Å². The number of halogens is 2. The number of hydrogen-bond acceptors (Lipinski definition) is 4. The summed E-state index contributed by atoms with van der Waals surface area (Å²) in [5.41, 5.74) is 0.241. The molecule has 0 aromatic heterocycles. The van der Waals surface area contributed by atoms with E-state index in [0.29, 0.717) is 0 Å². The Bertz CT molecular complexity index is 503. The van der Waals surface area contributed by atoms with Gasteiger partial charge in [-0.3, -0.25) is 9.59 Å². The summed E-state index contributed by atoms with van der Waals surface area (Å²) < 4.78 is 0. The van der Waals surface area contributed by atoms with E-state index in [0.717, 1.165) is 0 Å². The Morgan fingerprint density at radius 3 is 2.33 bits per heavy atom. The molecular weight excluding hydrogens is 319 g/mol. The molecule has 0 saturated carbocycles. The summed E-state index contributed by atoms with van der Waals surface area (Å²) in [6.45, 7) is 1.58. The van der Waals surface area contributed by atoms with Crippen LogP contribution in [0.2, 0.25) is 10.0 Å². The number of benzene rings is 1. The van der Waals surface area contributed by atoms with E-state index in [2.05, 4.69) is 10.6 Å². The fourth-order valence-corrected chi connectivity index (χ4v) is 2.04. The fourth-order valence-electron chi connectivity index (χ4n) is 1.55. The highest BCUT2D eigenvalue weighted by Crippen LogP contribution is 2.29. The zero-order valence-corrected chi connectivity index (χ0v) is 12.8. The van der Waals surface area contributed by atoms with Crippen LogP contribution in [0.15, 0.2) is 18.2 Å². The van der Waals surface area contributed by atoms with Crippen LogP contribution in [-0.4, -0.2) is 40.8 Å². The highest BCUT2D eigenvalue weighted by Gasteiger charge is 2.22. The van der Waals surface area contributed by atoms with Crippen LogP contribution >= 0.6 is 23.2 Å². The number of carbonyl (C=O) groups is 2. The lowest BCUT2D eigenvalue weighted by molar-refractivity contribution is -0.141. The normalized spacial score (nSPS) is 13.5. The number of aliphatic carboxylic acids is 1. The van der Waals surface area contributed by atoms with Crippen molar-refractivity contribution in [1.82, 2.24) is 5.32 Å². The van der Waals surface area contributed by atoms with Crippen molar-refractivity contribution in [3.63, 3.8) is 0 Å². The lowest BCUT2D eigenvalue weighted by Gasteiger charge is -2.16. The molecule has 0 radical (unpaired) electrons. The smallest absolute Gasteiger partial charge is 0.321 e. The molecule has 0 aliphatic rings. The molecule has 0 saturated heterocycles. The number of para-hydroxylation sites is 1. The van der Waals surface area contributed by atoms with E-state index in [9.17, 15) is 9.59 Å². The predicted octanol–water partition coefficient (Wildman–Crippen LogP) is 1.75. The summed E-state index contributed by atoms with van der Waals surface area (Å²) in [4.78, 5) is 22.9. The molecule has 8 heteroatoms. The first-order valence-electron chi connectivity index (χ1n) is 6.19. The lowest BCUT2D eigenvalue weighted by Crippen LogP contribution is -2.42. The minimum Gasteiger partial charge on any atom is -0.480 e. The van der Waals surface area contributed by atoms with Gasteiger partial charge in [0.25, 0.3) is 0 Å². The minimum atomic E-state index is -1.18. The van der Waals surface area contributed by atoms with Gasteiger partial charge < -0.3 is 20.8 Å². The summed E-state index contributed by atoms with van der Waals surface area (Å²) >= 11 is 11.8. The Balaban J connectivity index is 2.68. The number of hydrogen-bond donors (Lipinski definition) is 4. The minimum absolute atomic E-state index is 0.0666. The number of aliphatic hydroxyl groups is 1. The monoisotopic (exact) mass is 334 g/mol. The van der Waals surface area contributed by atoms with Gasteiger partial charge in [0.1, 0.15) is 6.04 Å². The first-order chi connectivity index (χ1) is 9.81. The summed E-state index contributed by atoms with van der Waals surface area (Å²) in [6.07, 6.45) is -1.03. The molecule has 0 aliphatic carbocycles.